The van der Waals surface area contributed by atoms with Gasteiger partial charge in [0.05, 0.1) is 12.5 Å². The van der Waals surface area contributed by atoms with E-state index in [9.17, 15) is 19.2 Å². The average Bonchev–Trinajstić information content (AvgIpc) is 2.96. The van der Waals surface area contributed by atoms with Gasteiger partial charge < -0.3 is 24.6 Å². The van der Waals surface area contributed by atoms with E-state index >= 15 is 0 Å². The van der Waals surface area contributed by atoms with Gasteiger partial charge in [-0.05, 0) is 64.4 Å². The van der Waals surface area contributed by atoms with Crippen LogP contribution in [0.3, 0.4) is 0 Å². The molecule has 0 aromatic heterocycles. The third-order valence-electron chi connectivity index (χ3n) is 7.62. The molecule has 1 N–H and O–H groups in total. The normalized spacial score (nSPS) is 18.6. The highest BCUT2D eigenvalue weighted by molar-refractivity contribution is 5.82. The van der Waals surface area contributed by atoms with Crippen molar-refractivity contribution >= 4 is 23.9 Å². The number of nitrogens with zero attached hydrogens (tertiary/aromatic N) is 2. The SMILES string of the molecule is C#C[C@@H](CNC(=O)[C@@H]1CCCN(C(=O)CCC2CCN(C(=O)OC(C)(C)C)CC2)C1)C(=O)OCCc1ccccc1. The van der Waals surface area contributed by atoms with Crippen LogP contribution < -0.4 is 5.32 Å². The molecule has 0 aliphatic carbocycles. The van der Waals surface area contributed by atoms with Crippen LogP contribution in [0.25, 0.3) is 0 Å². The van der Waals surface area contributed by atoms with Crippen LogP contribution in [0.5, 0.6) is 0 Å². The first-order valence-corrected chi connectivity index (χ1v) is 14.8. The number of esters is 1. The summed E-state index contributed by atoms with van der Waals surface area (Å²) in [6, 6.07) is 9.70. The second-order valence-corrected chi connectivity index (χ2v) is 12.0. The van der Waals surface area contributed by atoms with Gasteiger partial charge in [-0.3, -0.25) is 14.4 Å². The van der Waals surface area contributed by atoms with Crippen molar-refractivity contribution in [1.82, 2.24) is 15.1 Å². The highest BCUT2D eigenvalue weighted by atomic mass is 16.6. The number of nitrogens with one attached hydrogen (secondary N) is 1. The summed E-state index contributed by atoms with van der Waals surface area (Å²) in [5.41, 5.74) is 0.548. The van der Waals surface area contributed by atoms with E-state index in [1.54, 1.807) is 9.80 Å². The highest BCUT2D eigenvalue weighted by Gasteiger charge is 2.31. The zero-order valence-electron chi connectivity index (χ0n) is 24.7. The van der Waals surface area contributed by atoms with Crippen molar-refractivity contribution < 1.29 is 28.7 Å². The Kier molecular flexibility index (Phi) is 12.1. The number of rotatable bonds is 10. The highest BCUT2D eigenvalue weighted by Crippen LogP contribution is 2.25. The molecule has 41 heavy (non-hydrogen) atoms. The van der Waals surface area contributed by atoms with Crippen LogP contribution in [0.1, 0.15) is 64.9 Å². The third kappa shape index (κ3) is 10.8. The number of hydrogen-bond donors (Lipinski definition) is 1. The number of terminal acetylenes is 1. The van der Waals surface area contributed by atoms with Gasteiger partial charge in [0.15, 0.2) is 0 Å². The van der Waals surface area contributed by atoms with E-state index in [0.717, 1.165) is 31.2 Å². The smallest absolute Gasteiger partial charge is 0.410 e. The first-order valence-electron chi connectivity index (χ1n) is 14.8. The molecular formula is C32H45N3O6. The quantitative estimate of drug-likeness (QED) is 0.341. The number of carbonyl (C=O) groups is 4. The summed E-state index contributed by atoms with van der Waals surface area (Å²) in [5.74, 6) is 0.934. The Morgan fingerprint density at radius 1 is 1.05 bits per heavy atom. The van der Waals surface area contributed by atoms with Gasteiger partial charge in [-0.1, -0.05) is 36.3 Å². The molecule has 0 radical (unpaired) electrons. The van der Waals surface area contributed by atoms with Crippen LogP contribution in [0.2, 0.25) is 0 Å². The number of carbonyl (C=O) groups excluding carboxylic acids is 4. The van der Waals surface area contributed by atoms with E-state index in [-0.39, 0.29) is 37.0 Å². The van der Waals surface area contributed by atoms with Crippen LogP contribution >= 0.6 is 0 Å². The number of amides is 3. The van der Waals surface area contributed by atoms with Gasteiger partial charge in [0, 0.05) is 45.6 Å². The van der Waals surface area contributed by atoms with Gasteiger partial charge in [0.2, 0.25) is 11.8 Å². The molecule has 2 saturated heterocycles. The van der Waals surface area contributed by atoms with Crippen LogP contribution in [-0.2, 0) is 30.3 Å². The Balaban J connectivity index is 1.35. The lowest BCUT2D eigenvalue weighted by Gasteiger charge is -2.34. The van der Waals surface area contributed by atoms with Crippen molar-refractivity contribution in [1.29, 1.82) is 0 Å². The van der Waals surface area contributed by atoms with E-state index in [0.29, 0.717) is 51.4 Å². The second kappa shape index (κ2) is 15.5. The maximum Gasteiger partial charge on any atom is 0.410 e. The van der Waals surface area contributed by atoms with Gasteiger partial charge in [-0.15, -0.1) is 6.42 Å². The zero-order chi connectivity index (χ0) is 29.8. The summed E-state index contributed by atoms with van der Waals surface area (Å²) >= 11 is 0. The second-order valence-electron chi connectivity index (χ2n) is 12.0. The Morgan fingerprint density at radius 3 is 2.41 bits per heavy atom. The average molecular weight is 568 g/mol. The molecule has 2 aliphatic rings. The molecule has 1 aromatic rings. The van der Waals surface area contributed by atoms with Crippen LogP contribution in [0, 0.1) is 30.1 Å². The van der Waals surface area contributed by atoms with E-state index in [1.807, 2.05) is 51.1 Å². The standard InChI is InChI=1S/C32H45N3O6/c1-5-26(30(38)40-21-17-24-10-7-6-8-11-24)22-33-29(37)27-12-9-18-35(23-27)28(36)14-13-25-15-19-34(20-16-25)31(39)41-32(2,3)4/h1,6-8,10-11,25-27H,9,12-23H2,2-4H3,(H,33,37)/t26-,27+/m0/s1. The van der Waals surface area contributed by atoms with Crippen molar-refractivity contribution in [2.24, 2.45) is 17.8 Å². The minimum atomic E-state index is -0.863. The first-order chi connectivity index (χ1) is 19.6. The summed E-state index contributed by atoms with van der Waals surface area (Å²) in [6.07, 6.45) is 10.2. The molecular weight excluding hydrogens is 522 g/mol. The van der Waals surface area contributed by atoms with Crippen LogP contribution in [0.4, 0.5) is 4.79 Å². The minimum absolute atomic E-state index is 0.00590. The predicted molar refractivity (Wildman–Crippen MR) is 156 cm³/mol. The molecule has 1 aromatic carbocycles. The van der Waals surface area contributed by atoms with Crippen molar-refractivity contribution in [3.63, 3.8) is 0 Å². The summed E-state index contributed by atoms with van der Waals surface area (Å²) in [7, 11) is 0. The van der Waals surface area contributed by atoms with E-state index in [1.165, 1.54) is 0 Å². The third-order valence-corrected chi connectivity index (χ3v) is 7.62. The summed E-state index contributed by atoms with van der Waals surface area (Å²) in [5, 5.41) is 2.80. The molecule has 0 bridgehead atoms. The molecule has 0 spiro atoms. The Morgan fingerprint density at radius 2 is 1.76 bits per heavy atom. The van der Waals surface area contributed by atoms with Crippen LogP contribution in [-0.4, -0.2) is 78.6 Å². The molecule has 2 atom stereocenters. The number of ether oxygens (including phenoxy) is 2. The number of likely N-dealkylation sites (tertiary alicyclic amines) is 2. The fourth-order valence-electron chi connectivity index (χ4n) is 5.21. The largest absolute Gasteiger partial charge is 0.464 e. The van der Waals surface area contributed by atoms with E-state index in [2.05, 4.69) is 11.2 Å². The van der Waals surface area contributed by atoms with Gasteiger partial charge >= 0.3 is 12.1 Å². The molecule has 3 amide bonds. The monoisotopic (exact) mass is 567 g/mol. The summed E-state index contributed by atoms with van der Waals surface area (Å²) in [6.45, 7) is 8.08. The zero-order valence-corrected chi connectivity index (χ0v) is 24.7. The molecule has 2 fully saturated rings. The predicted octanol–water partition coefficient (Wildman–Crippen LogP) is 3.80. The van der Waals surface area contributed by atoms with Gasteiger partial charge in [0.25, 0.3) is 0 Å². The molecule has 0 saturated carbocycles. The lowest BCUT2D eigenvalue weighted by atomic mass is 9.91. The fourth-order valence-corrected chi connectivity index (χ4v) is 5.21. The maximum absolute atomic E-state index is 13.0. The molecule has 2 aliphatic heterocycles. The van der Waals surface area contributed by atoms with Gasteiger partial charge in [0.1, 0.15) is 11.5 Å². The Bertz CT molecular complexity index is 1070. The molecule has 3 rings (SSSR count). The minimum Gasteiger partial charge on any atom is -0.464 e. The Hall–Kier alpha value is -3.54. The lowest BCUT2D eigenvalue weighted by molar-refractivity contribution is -0.146. The fraction of sp³-hybridized carbons (Fsp3) is 0.625. The first kappa shape index (κ1) is 32.0. The maximum atomic E-state index is 13.0. The summed E-state index contributed by atoms with van der Waals surface area (Å²) < 4.78 is 10.8. The molecule has 224 valence electrons. The molecule has 9 nitrogen and oxygen atoms in total. The lowest BCUT2D eigenvalue weighted by Crippen LogP contribution is -2.46. The summed E-state index contributed by atoms with van der Waals surface area (Å²) in [4.78, 5) is 54.0. The van der Waals surface area contributed by atoms with Crippen LogP contribution in [0.15, 0.2) is 30.3 Å². The van der Waals surface area contributed by atoms with E-state index < -0.39 is 17.5 Å². The topological polar surface area (TPSA) is 105 Å². The molecule has 2 heterocycles. The number of benzene rings is 1. The van der Waals surface area contributed by atoms with Crippen molar-refractivity contribution in [3.8, 4) is 12.3 Å². The van der Waals surface area contributed by atoms with Crippen molar-refractivity contribution in [2.45, 2.75) is 71.3 Å². The van der Waals surface area contributed by atoms with E-state index in [4.69, 9.17) is 15.9 Å². The molecule has 0 unspecified atom stereocenters. The number of hydrogen-bond acceptors (Lipinski definition) is 6. The molecule has 9 heteroatoms. The van der Waals surface area contributed by atoms with Crippen molar-refractivity contribution in [3.05, 3.63) is 35.9 Å². The number of piperidine rings is 2. The van der Waals surface area contributed by atoms with Gasteiger partial charge in [-0.25, -0.2) is 4.79 Å². The van der Waals surface area contributed by atoms with Crippen molar-refractivity contribution in [2.75, 3.05) is 39.3 Å². The van der Waals surface area contributed by atoms with Gasteiger partial charge in [-0.2, -0.15) is 0 Å². The Labute approximate surface area is 244 Å².